The summed E-state index contributed by atoms with van der Waals surface area (Å²) in [6.45, 7) is 29.7. The van der Waals surface area contributed by atoms with Gasteiger partial charge in [-0.1, -0.05) is 153 Å². The van der Waals surface area contributed by atoms with E-state index in [-0.39, 0.29) is 11.7 Å². The molecule has 0 saturated carbocycles. The Morgan fingerprint density at radius 1 is 0.980 bits per heavy atom. The van der Waals surface area contributed by atoms with Crippen LogP contribution in [0.15, 0.2) is 52.7 Å². The predicted molar refractivity (Wildman–Crippen MR) is 220 cm³/mol. The van der Waals surface area contributed by atoms with Gasteiger partial charge in [0, 0.05) is 5.70 Å². The Labute approximate surface area is 315 Å². The molecule has 1 heterocycles. The molecule has 3 nitrogen and oxygen atoms in total. The Balaban J connectivity index is 0.00000192. The van der Waals surface area contributed by atoms with Crippen LogP contribution < -0.4 is 5.32 Å². The van der Waals surface area contributed by atoms with E-state index < -0.39 is 5.41 Å². The number of halogens is 2. The summed E-state index contributed by atoms with van der Waals surface area (Å²) in [6.07, 6.45) is 10.9. The number of allylic oxidation sites excluding steroid dienone is 1. The lowest BCUT2D eigenvalue weighted by atomic mass is 9.70. The van der Waals surface area contributed by atoms with Gasteiger partial charge in [0.15, 0.2) is 0 Å². The fraction of sp³-hybridized carbons (Fsp3) is 0.600. The Kier molecular flexibility index (Phi) is 23.9. The number of hydrogen-bond acceptors (Lipinski definition) is 2. The Bertz CT molecular complexity index is 1400. The average molecular weight is 754 g/mol. The molecular formula is C45H70BrFN2O. The van der Waals surface area contributed by atoms with Gasteiger partial charge < -0.3 is 5.32 Å². The smallest absolute Gasteiger partial charge is 0.235 e. The number of hydrogen-bond donors (Lipinski definition) is 1. The first-order valence-corrected chi connectivity index (χ1v) is 20.5. The van der Waals surface area contributed by atoms with Gasteiger partial charge in [0.05, 0.1) is 21.5 Å². The highest BCUT2D eigenvalue weighted by Crippen LogP contribution is 2.51. The second kappa shape index (κ2) is 25.3. The molecule has 1 aliphatic heterocycles. The molecule has 0 aliphatic carbocycles. The minimum atomic E-state index is -0.745. The molecule has 2 unspecified atom stereocenters. The van der Waals surface area contributed by atoms with Crippen LogP contribution in [0.4, 0.5) is 4.39 Å². The van der Waals surface area contributed by atoms with Gasteiger partial charge in [-0.3, -0.25) is 4.79 Å². The summed E-state index contributed by atoms with van der Waals surface area (Å²) >= 11 is 3.55. The fourth-order valence-corrected chi connectivity index (χ4v) is 7.10. The molecule has 0 radical (unpaired) electrons. The van der Waals surface area contributed by atoms with E-state index in [1.165, 1.54) is 19.3 Å². The lowest BCUT2D eigenvalue weighted by Gasteiger charge is -2.31. The molecule has 1 N–H and O–H groups in total. The summed E-state index contributed by atoms with van der Waals surface area (Å²) in [4.78, 5) is 13.8. The van der Waals surface area contributed by atoms with Gasteiger partial charge >= 0.3 is 0 Å². The molecule has 0 fully saturated rings. The van der Waals surface area contributed by atoms with E-state index >= 15 is 4.39 Å². The zero-order valence-electron chi connectivity index (χ0n) is 33.8. The fourth-order valence-electron chi connectivity index (χ4n) is 6.61. The van der Waals surface area contributed by atoms with Crippen molar-refractivity contribution in [3.63, 3.8) is 0 Å². The lowest BCUT2D eigenvalue weighted by Crippen LogP contribution is -2.34. The van der Waals surface area contributed by atoms with Crippen molar-refractivity contribution in [3.05, 3.63) is 86.3 Å². The summed E-state index contributed by atoms with van der Waals surface area (Å²) in [5, 5.41) is 12.9. The van der Waals surface area contributed by atoms with Crippen molar-refractivity contribution < 1.29 is 9.18 Å². The summed E-state index contributed by atoms with van der Waals surface area (Å²) in [5.74, 6) is 1.29. The minimum Gasteiger partial charge on any atom is -0.325 e. The molecule has 0 spiro atoms. The van der Waals surface area contributed by atoms with E-state index in [0.29, 0.717) is 53.6 Å². The van der Waals surface area contributed by atoms with Crippen LogP contribution in [0.5, 0.6) is 0 Å². The van der Waals surface area contributed by atoms with Crippen LogP contribution in [0.3, 0.4) is 0 Å². The average Bonchev–Trinajstić information content (AvgIpc) is 3.45. The summed E-state index contributed by atoms with van der Waals surface area (Å²) in [5.41, 5.74) is 5.40. The largest absolute Gasteiger partial charge is 0.325 e. The molecule has 2 aromatic carbocycles. The number of carbonyl (C=O) groups is 1. The molecule has 0 bridgehead atoms. The van der Waals surface area contributed by atoms with E-state index in [0.717, 1.165) is 65.1 Å². The molecule has 2 aromatic rings. The summed E-state index contributed by atoms with van der Waals surface area (Å²) in [6, 6.07) is 11.8. The quantitative estimate of drug-likeness (QED) is 0.186. The first-order valence-electron chi connectivity index (χ1n) is 19.8. The molecule has 3 rings (SSSR count). The highest BCUT2D eigenvalue weighted by molar-refractivity contribution is 9.10. The number of rotatable bonds is 16. The van der Waals surface area contributed by atoms with Crippen LogP contribution >= 0.6 is 15.9 Å². The first-order chi connectivity index (χ1) is 24.0. The number of amides is 1. The van der Waals surface area contributed by atoms with Crippen molar-refractivity contribution >= 4 is 27.4 Å². The van der Waals surface area contributed by atoms with Gasteiger partial charge in [0.25, 0.3) is 0 Å². The first kappa shape index (κ1) is 47.3. The maximum atomic E-state index is 16.3. The zero-order valence-corrected chi connectivity index (χ0v) is 35.4. The Morgan fingerprint density at radius 3 is 2.06 bits per heavy atom. The third-order valence-electron chi connectivity index (χ3n) is 10.2. The van der Waals surface area contributed by atoms with Gasteiger partial charge in [-0.2, -0.15) is 5.26 Å². The van der Waals surface area contributed by atoms with E-state index in [2.05, 4.69) is 81.5 Å². The maximum Gasteiger partial charge on any atom is 0.235 e. The van der Waals surface area contributed by atoms with E-state index in [1.807, 2.05) is 59.7 Å². The van der Waals surface area contributed by atoms with Crippen LogP contribution in [-0.4, -0.2) is 5.91 Å². The third kappa shape index (κ3) is 12.2. The van der Waals surface area contributed by atoms with Crippen molar-refractivity contribution in [2.45, 2.75) is 160 Å². The molecule has 5 heteroatoms. The SMILES string of the molecule is C=C(CC)C1=C(c2cc(Cc3ccccc3C#N)c(Br)c(F)c2CCC)C(CC)(CCCC(C)CC)C(=O)N1.CC.CC.CCC(CC)CC. The molecular weight excluding hydrogens is 683 g/mol. The molecule has 2 atom stereocenters. The topological polar surface area (TPSA) is 52.9 Å². The van der Waals surface area contributed by atoms with Crippen LogP contribution in [0.1, 0.15) is 175 Å². The normalized spacial score (nSPS) is 15.5. The monoisotopic (exact) mass is 752 g/mol. The number of nitriles is 1. The van der Waals surface area contributed by atoms with Crippen LogP contribution in [0, 0.1) is 34.4 Å². The van der Waals surface area contributed by atoms with Gasteiger partial charge in [-0.15, -0.1) is 0 Å². The summed E-state index contributed by atoms with van der Waals surface area (Å²) in [7, 11) is 0. The Morgan fingerprint density at radius 2 is 1.58 bits per heavy atom. The van der Waals surface area contributed by atoms with Crippen molar-refractivity contribution in [1.82, 2.24) is 5.32 Å². The van der Waals surface area contributed by atoms with Gasteiger partial charge in [-0.25, -0.2) is 4.39 Å². The van der Waals surface area contributed by atoms with Gasteiger partial charge in [0.2, 0.25) is 5.91 Å². The number of carbonyl (C=O) groups excluding carboxylic acids is 1. The lowest BCUT2D eigenvalue weighted by molar-refractivity contribution is -0.126. The predicted octanol–water partition coefficient (Wildman–Crippen LogP) is 14.3. The van der Waals surface area contributed by atoms with E-state index in [9.17, 15) is 10.1 Å². The van der Waals surface area contributed by atoms with E-state index in [4.69, 9.17) is 0 Å². The van der Waals surface area contributed by atoms with E-state index in [1.54, 1.807) is 6.07 Å². The van der Waals surface area contributed by atoms with Crippen LogP contribution in [-0.2, 0) is 17.6 Å². The molecule has 280 valence electrons. The number of benzene rings is 2. The second-order valence-corrected chi connectivity index (χ2v) is 13.8. The highest BCUT2D eigenvalue weighted by Gasteiger charge is 2.48. The van der Waals surface area contributed by atoms with Gasteiger partial charge in [-0.05, 0) is 105 Å². The summed E-state index contributed by atoms with van der Waals surface area (Å²) < 4.78 is 16.7. The van der Waals surface area contributed by atoms with Crippen LogP contribution in [0.25, 0.3) is 5.57 Å². The van der Waals surface area contributed by atoms with Crippen molar-refractivity contribution in [2.75, 3.05) is 0 Å². The van der Waals surface area contributed by atoms with Crippen molar-refractivity contribution in [2.24, 2.45) is 17.3 Å². The van der Waals surface area contributed by atoms with Crippen LogP contribution in [0.2, 0.25) is 0 Å². The maximum absolute atomic E-state index is 16.3. The molecule has 1 aliphatic rings. The number of nitrogens with one attached hydrogen (secondary N) is 1. The standard InChI is InChI=1S/C34H42BrFN2O.C7H16.2C2H6/c1-7-14-27-28(20-26(30(35)31(27)36)19-24-16-11-12-17-25(24)21-37)29-32(23(6)9-3)38-33(39)34(29,10-4)18-13-15-22(5)8-2;1-4-7(5-2)6-3;2*1-2/h11-12,16-17,20,22H,6-10,13-15,18-19H2,1-5H3,(H,38,39);7H,4-6H2,1-3H3;2*1-2H3. The van der Waals surface area contributed by atoms with Crippen molar-refractivity contribution in [1.29, 1.82) is 5.26 Å². The van der Waals surface area contributed by atoms with Gasteiger partial charge in [0.1, 0.15) is 5.82 Å². The molecule has 50 heavy (non-hydrogen) atoms. The second-order valence-electron chi connectivity index (χ2n) is 13.0. The molecule has 1 amide bonds. The molecule has 0 saturated heterocycles. The molecule has 0 aromatic heterocycles. The van der Waals surface area contributed by atoms with Crippen molar-refractivity contribution in [3.8, 4) is 6.07 Å². The third-order valence-corrected chi connectivity index (χ3v) is 11.0. The number of nitrogens with zero attached hydrogens (tertiary/aromatic N) is 1. The Hall–Kier alpha value is -2.71. The highest BCUT2D eigenvalue weighted by atomic mass is 79.9. The zero-order chi connectivity index (χ0) is 38.4. The minimum absolute atomic E-state index is 0.00379.